The topological polar surface area (TPSA) is 114 Å². The van der Waals surface area contributed by atoms with Gasteiger partial charge in [-0.05, 0) is 48.9 Å². The molecule has 3 rings (SSSR count). The molecule has 2 aromatic rings. The molecule has 1 atom stereocenters. The Hall–Kier alpha value is -4.09. The zero-order valence-corrected chi connectivity index (χ0v) is 17.4. The Morgan fingerprint density at radius 2 is 1.67 bits per heavy atom. The predicted molar refractivity (Wildman–Crippen MR) is 107 cm³/mol. The first-order chi connectivity index (χ1) is 15.4. The first-order valence-corrected chi connectivity index (χ1v) is 9.41. The molecule has 1 unspecified atom stereocenters. The van der Waals surface area contributed by atoms with Gasteiger partial charge >= 0.3 is 18.4 Å². The van der Waals surface area contributed by atoms with Gasteiger partial charge in [0.05, 0.1) is 12.7 Å². The fraction of sp³-hybridized carbons (Fsp3) is 0.238. The second-order valence-corrected chi connectivity index (χ2v) is 7.14. The van der Waals surface area contributed by atoms with Gasteiger partial charge in [-0.2, -0.15) is 0 Å². The van der Waals surface area contributed by atoms with E-state index in [9.17, 15) is 32.3 Å². The fourth-order valence-electron chi connectivity index (χ4n) is 3.18. The van der Waals surface area contributed by atoms with Gasteiger partial charge in [-0.3, -0.25) is 14.5 Å². The third-order valence-corrected chi connectivity index (χ3v) is 4.83. The first kappa shape index (κ1) is 23.6. The van der Waals surface area contributed by atoms with Gasteiger partial charge in [-0.15, -0.1) is 13.2 Å². The van der Waals surface area contributed by atoms with E-state index in [-0.39, 0.29) is 11.1 Å². The monoisotopic (exact) mass is 465 g/mol. The number of halogens is 3. The zero-order valence-electron chi connectivity index (χ0n) is 17.4. The van der Waals surface area contributed by atoms with Gasteiger partial charge in [0, 0.05) is 5.69 Å². The first-order valence-electron chi connectivity index (χ1n) is 9.41. The normalized spacial score (nSPS) is 18.0. The highest BCUT2D eigenvalue weighted by Gasteiger charge is 2.49. The summed E-state index contributed by atoms with van der Waals surface area (Å²) in [7, 11) is 1.23. The molecule has 0 aromatic heterocycles. The summed E-state index contributed by atoms with van der Waals surface area (Å²) in [4.78, 5) is 49.8. The maximum Gasteiger partial charge on any atom is 0.573 e. The molecule has 12 heteroatoms. The van der Waals surface area contributed by atoms with Crippen molar-refractivity contribution in [2.45, 2.75) is 18.8 Å². The number of alkyl halides is 3. The molecule has 1 aliphatic rings. The molecule has 9 nitrogen and oxygen atoms in total. The van der Waals surface area contributed by atoms with Gasteiger partial charge in [0.1, 0.15) is 17.8 Å². The molecule has 1 heterocycles. The number of carbonyl (C=O) groups is 4. The van der Waals surface area contributed by atoms with Gasteiger partial charge in [-0.1, -0.05) is 12.1 Å². The largest absolute Gasteiger partial charge is 0.573 e. The van der Waals surface area contributed by atoms with Gasteiger partial charge in [-0.25, -0.2) is 9.59 Å². The Balaban J connectivity index is 1.68. The minimum Gasteiger partial charge on any atom is -0.465 e. The van der Waals surface area contributed by atoms with Gasteiger partial charge in [0.15, 0.2) is 0 Å². The van der Waals surface area contributed by atoms with Crippen molar-refractivity contribution in [1.29, 1.82) is 0 Å². The molecule has 0 bridgehead atoms. The van der Waals surface area contributed by atoms with Gasteiger partial charge < -0.3 is 20.1 Å². The number of methoxy groups -OCH3 is 1. The van der Waals surface area contributed by atoms with Crippen LogP contribution in [0.1, 0.15) is 22.8 Å². The van der Waals surface area contributed by atoms with E-state index in [4.69, 9.17) is 0 Å². The van der Waals surface area contributed by atoms with Crippen LogP contribution in [-0.4, -0.2) is 48.7 Å². The lowest BCUT2D eigenvalue weighted by molar-refractivity contribution is -0.274. The molecule has 4 amide bonds. The molecule has 1 saturated heterocycles. The lowest BCUT2D eigenvalue weighted by Crippen LogP contribution is -2.42. The Morgan fingerprint density at radius 1 is 1.06 bits per heavy atom. The molecule has 0 aliphatic carbocycles. The number of carbonyl (C=O) groups excluding carboxylic acids is 4. The van der Waals surface area contributed by atoms with Crippen molar-refractivity contribution in [2.24, 2.45) is 0 Å². The molecule has 1 aliphatic heterocycles. The molecule has 1 fully saturated rings. The summed E-state index contributed by atoms with van der Waals surface area (Å²) in [5.41, 5.74) is -0.789. The summed E-state index contributed by atoms with van der Waals surface area (Å²) in [6.45, 7) is 0.768. The quantitative estimate of drug-likeness (QED) is 0.501. The maximum absolute atomic E-state index is 12.9. The van der Waals surface area contributed by atoms with Crippen LogP contribution in [0.5, 0.6) is 5.75 Å². The summed E-state index contributed by atoms with van der Waals surface area (Å²) in [5, 5.41) is 4.96. The third kappa shape index (κ3) is 5.22. The van der Waals surface area contributed by atoms with E-state index in [1.165, 1.54) is 50.4 Å². The maximum atomic E-state index is 12.9. The number of amides is 4. The van der Waals surface area contributed by atoms with Crippen molar-refractivity contribution in [3.8, 4) is 5.75 Å². The molecule has 2 aromatic carbocycles. The molecular weight excluding hydrogens is 447 g/mol. The average Bonchev–Trinajstić information content (AvgIpc) is 2.97. The van der Waals surface area contributed by atoms with E-state index in [1.807, 2.05) is 0 Å². The van der Waals surface area contributed by atoms with Crippen LogP contribution >= 0.6 is 0 Å². The smallest absolute Gasteiger partial charge is 0.465 e. The van der Waals surface area contributed by atoms with Crippen molar-refractivity contribution >= 4 is 29.5 Å². The van der Waals surface area contributed by atoms with E-state index in [1.54, 1.807) is 0 Å². The second-order valence-electron chi connectivity index (χ2n) is 7.14. The van der Waals surface area contributed by atoms with Crippen molar-refractivity contribution in [2.75, 3.05) is 19.0 Å². The van der Waals surface area contributed by atoms with Crippen LogP contribution in [0.3, 0.4) is 0 Å². The number of urea groups is 1. The minimum absolute atomic E-state index is 0.205. The van der Waals surface area contributed by atoms with E-state index in [2.05, 4.69) is 20.1 Å². The molecule has 0 spiro atoms. The lowest BCUT2D eigenvalue weighted by atomic mass is 9.92. The minimum atomic E-state index is -4.87. The van der Waals surface area contributed by atoms with Crippen LogP contribution < -0.4 is 15.4 Å². The summed E-state index contributed by atoms with van der Waals surface area (Å²) in [5.74, 6) is -2.47. The van der Waals surface area contributed by atoms with Crippen molar-refractivity contribution in [3.63, 3.8) is 0 Å². The molecule has 0 saturated carbocycles. The van der Waals surface area contributed by atoms with Crippen LogP contribution in [0.15, 0.2) is 48.5 Å². The Bertz CT molecular complexity index is 1090. The van der Waals surface area contributed by atoms with Crippen LogP contribution in [0.2, 0.25) is 0 Å². The third-order valence-electron chi connectivity index (χ3n) is 4.83. The highest BCUT2D eigenvalue weighted by molar-refractivity contribution is 6.10. The van der Waals surface area contributed by atoms with Gasteiger partial charge in [0.2, 0.25) is 5.91 Å². The van der Waals surface area contributed by atoms with Crippen LogP contribution in [0.25, 0.3) is 0 Å². The second kappa shape index (κ2) is 8.81. The van der Waals surface area contributed by atoms with E-state index in [0.717, 1.165) is 12.1 Å². The standard InChI is InChI=1S/C21H18F3N3O6/c1-20(13-5-9-15(10-6-13)33-21(22,23)24)18(30)27(19(31)26-20)11-16(28)25-14-7-3-12(4-8-14)17(29)32-2/h3-10H,11H2,1-2H3,(H,25,28)(H,26,31). The number of hydrogen-bond acceptors (Lipinski definition) is 6. The van der Waals surface area contributed by atoms with Crippen molar-refractivity contribution < 1.29 is 41.8 Å². The number of benzene rings is 2. The summed E-state index contributed by atoms with van der Waals surface area (Å²) in [6.07, 6.45) is -4.87. The van der Waals surface area contributed by atoms with E-state index < -0.39 is 48.0 Å². The summed E-state index contributed by atoms with van der Waals surface area (Å²) in [6, 6.07) is 9.38. The number of ether oxygens (including phenoxy) is 2. The number of nitrogens with one attached hydrogen (secondary N) is 2. The SMILES string of the molecule is COC(=O)c1ccc(NC(=O)CN2C(=O)NC(C)(c3ccc(OC(F)(F)F)cc3)C2=O)cc1. The predicted octanol–water partition coefficient (Wildman–Crippen LogP) is 2.78. The number of imide groups is 1. The number of nitrogens with zero attached hydrogens (tertiary/aromatic N) is 1. The van der Waals surface area contributed by atoms with E-state index >= 15 is 0 Å². The Labute approximate surface area is 185 Å². The molecule has 33 heavy (non-hydrogen) atoms. The number of hydrogen-bond donors (Lipinski definition) is 2. The molecular formula is C21H18F3N3O6. The van der Waals surface area contributed by atoms with E-state index in [0.29, 0.717) is 10.6 Å². The Kier molecular flexibility index (Phi) is 6.29. The molecule has 2 N–H and O–H groups in total. The lowest BCUT2D eigenvalue weighted by Gasteiger charge is -2.22. The van der Waals surface area contributed by atoms with Crippen LogP contribution in [-0.2, 0) is 19.9 Å². The van der Waals surface area contributed by atoms with Crippen molar-refractivity contribution in [3.05, 3.63) is 59.7 Å². The van der Waals surface area contributed by atoms with Crippen LogP contribution in [0, 0.1) is 0 Å². The highest BCUT2D eigenvalue weighted by atomic mass is 19.4. The molecule has 0 radical (unpaired) electrons. The number of rotatable bonds is 6. The fourth-order valence-corrected chi connectivity index (χ4v) is 3.18. The van der Waals surface area contributed by atoms with Crippen LogP contribution in [0.4, 0.5) is 23.7 Å². The zero-order chi connectivity index (χ0) is 24.4. The summed E-state index contributed by atoms with van der Waals surface area (Å²) >= 11 is 0. The van der Waals surface area contributed by atoms with Gasteiger partial charge in [0.25, 0.3) is 5.91 Å². The summed E-state index contributed by atoms with van der Waals surface area (Å²) < 4.78 is 45.4. The highest BCUT2D eigenvalue weighted by Crippen LogP contribution is 2.31. The average molecular weight is 465 g/mol. The Morgan fingerprint density at radius 3 is 2.21 bits per heavy atom. The molecule has 174 valence electrons. The van der Waals surface area contributed by atoms with Crippen molar-refractivity contribution in [1.82, 2.24) is 10.2 Å². The number of anilines is 1. The number of esters is 1.